The summed E-state index contributed by atoms with van der Waals surface area (Å²) < 4.78 is 15.1. The molecule has 1 aromatic rings. The van der Waals surface area contributed by atoms with Crippen LogP contribution in [-0.4, -0.2) is 92.6 Å². The predicted molar refractivity (Wildman–Crippen MR) is 85.2 cm³/mol. The van der Waals surface area contributed by atoms with Gasteiger partial charge < -0.3 is 50.0 Å². The van der Waals surface area contributed by atoms with Crippen LogP contribution in [0.5, 0.6) is 11.5 Å². The van der Waals surface area contributed by atoms with E-state index in [0.717, 1.165) is 0 Å². The molecule has 2 rings (SSSR count). The lowest BCUT2D eigenvalue weighted by Gasteiger charge is -2.40. The third-order valence-electron chi connectivity index (χ3n) is 4.14. The summed E-state index contributed by atoms with van der Waals surface area (Å²) in [5.74, 6) is 0.114. The molecule has 7 atom stereocenters. The standard InChI is InChI=1S/C16H24O10/c1-24-10-5-7(2-3-8(10)18)4-9(19)15(23)26-16-14(22)13(21)12(20)11(6-17)25-16/h2-3,5,9,11-23H,4,6H2,1H3/t9?,11-,12-,13+,14-,15?,16+/m1/s1. The monoisotopic (exact) mass is 376 g/mol. The van der Waals surface area contributed by atoms with Crippen molar-refractivity contribution in [2.45, 2.75) is 49.5 Å². The minimum absolute atomic E-state index is 0.0742. The molecule has 148 valence electrons. The quantitative estimate of drug-likeness (QED) is 0.251. The SMILES string of the molecule is COc1cc(CC(O)C(O)O[C@@H]2O[C@H](CO)[C@@H](O)[C@H](O)[C@H]2O)ccc1O. The van der Waals surface area contributed by atoms with Gasteiger partial charge in [-0.3, -0.25) is 0 Å². The fourth-order valence-corrected chi connectivity index (χ4v) is 2.60. The second-order valence-electron chi connectivity index (χ2n) is 6.00. The topological polar surface area (TPSA) is 169 Å². The van der Waals surface area contributed by atoms with Crippen LogP contribution in [-0.2, 0) is 15.9 Å². The molecule has 0 aliphatic carbocycles. The number of aromatic hydroxyl groups is 1. The number of phenols is 1. The molecule has 26 heavy (non-hydrogen) atoms. The van der Waals surface area contributed by atoms with Crippen LogP contribution < -0.4 is 4.74 Å². The van der Waals surface area contributed by atoms with Crippen molar-refractivity contribution in [3.63, 3.8) is 0 Å². The Morgan fingerprint density at radius 3 is 2.42 bits per heavy atom. The number of aliphatic hydroxyl groups excluding tert-OH is 6. The van der Waals surface area contributed by atoms with Crippen molar-refractivity contribution in [1.82, 2.24) is 0 Å². The molecule has 10 heteroatoms. The molecule has 7 N–H and O–H groups in total. The van der Waals surface area contributed by atoms with Gasteiger partial charge in [-0.05, 0) is 17.7 Å². The summed E-state index contributed by atoms with van der Waals surface area (Å²) >= 11 is 0. The Kier molecular flexibility index (Phi) is 7.15. The summed E-state index contributed by atoms with van der Waals surface area (Å²) in [4.78, 5) is 0. The van der Waals surface area contributed by atoms with Crippen molar-refractivity contribution in [3.8, 4) is 11.5 Å². The summed E-state index contributed by atoms with van der Waals surface area (Å²) in [7, 11) is 1.37. The van der Waals surface area contributed by atoms with Gasteiger partial charge in [0.2, 0.25) is 0 Å². The lowest BCUT2D eigenvalue weighted by atomic mass is 9.99. The molecular formula is C16H24O10. The van der Waals surface area contributed by atoms with Crippen LogP contribution in [0.1, 0.15) is 5.56 Å². The number of methoxy groups -OCH3 is 1. The summed E-state index contributed by atoms with van der Waals surface area (Å²) in [6, 6.07) is 4.35. The molecule has 2 unspecified atom stereocenters. The third-order valence-corrected chi connectivity index (χ3v) is 4.14. The molecule has 1 aliphatic rings. The summed E-state index contributed by atoms with van der Waals surface area (Å²) in [6.07, 6.45) is -11.0. The molecule has 1 heterocycles. The van der Waals surface area contributed by atoms with E-state index in [-0.39, 0.29) is 17.9 Å². The van der Waals surface area contributed by atoms with Crippen molar-refractivity contribution in [2.24, 2.45) is 0 Å². The van der Waals surface area contributed by atoms with Crippen LogP contribution in [0.3, 0.4) is 0 Å². The van der Waals surface area contributed by atoms with Crippen molar-refractivity contribution in [2.75, 3.05) is 13.7 Å². The molecular weight excluding hydrogens is 352 g/mol. The third kappa shape index (κ3) is 4.61. The molecule has 10 nitrogen and oxygen atoms in total. The molecule has 0 radical (unpaired) electrons. The summed E-state index contributed by atoms with van der Waals surface area (Å²) in [5.41, 5.74) is 0.531. The Hall–Kier alpha value is -1.50. The zero-order valence-corrected chi connectivity index (χ0v) is 14.0. The Balaban J connectivity index is 1.98. The van der Waals surface area contributed by atoms with E-state index in [2.05, 4.69) is 0 Å². The largest absolute Gasteiger partial charge is 0.504 e. The van der Waals surface area contributed by atoms with E-state index in [4.69, 9.17) is 19.3 Å². The minimum Gasteiger partial charge on any atom is -0.504 e. The zero-order chi connectivity index (χ0) is 19.4. The van der Waals surface area contributed by atoms with Gasteiger partial charge in [-0.1, -0.05) is 6.07 Å². The van der Waals surface area contributed by atoms with Gasteiger partial charge in [0.05, 0.1) is 13.7 Å². The summed E-state index contributed by atoms with van der Waals surface area (Å²) in [6.45, 7) is -0.642. The van der Waals surface area contributed by atoms with E-state index in [9.17, 15) is 30.6 Å². The number of hydrogen-bond donors (Lipinski definition) is 7. The lowest BCUT2D eigenvalue weighted by molar-refractivity contribution is -0.341. The van der Waals surface area contributed by atoms with Crippen LogP contribution in [0, 0.1) is 0 Å². The van der Waals surface area contributed by atoms with Gasteiger partial charge >= 0.3 is 0 Å². The number of phenolic OH excluding ortho intramolecular Hbond substituents is 1. The van der Waals surface area contributed by atoms with E-state index >= 15 is 0 Å². The maximum Gasteiger partial charge on any atom is 0.189 e. The second-order valence-corrected chi connectivity index (χ2v) is 6.00. The predicted octanol–water partition coefficient (Wildman–Crippen LogP) is -2.56. The van der Waals surface area contributed by atoms with Crippen molar-refractivity contribution in [3.05, 3.63) is 23.8 Å². The first-order valence-corrected chi connectivity index (χ1v) is 7.96. The highest BCUT2D eigenvalue weighted by atomic mass is 16.7. The van der Waals surface area contributed by atoms with Gasteiger partial charge in [-0.15, -0.1) is 0 Å². The van der Waals surface area contributed by atoms with Gasteiger partial charge in [-0.2, -0.15) is 0 Å². The highest BCUT2D eigenvalue weighted by Crippen LogP contribution is 2.27. The first-order chi connectivity index (χ1) is 12.3. The molecule has 1 fully saturated rings. The Morgan fingerprint density at radius 2 is 1.81 bits per heavy atom. The molecule has 0 amide bonds. The number of benzene rings is 1. The highest BCUT2D eigenvalue weighted by Gasteiger charge is 2.45. The van der Waals surface area contributed by atoms with Crippen molar-refractivity contribution < 1.29 is 50.0 Å². The maximum absolute atomic E-state index is 10.1. The number of ether oxygens (including phenoxy) is 3. The van der Waals surface area contributed by atoms with Crippen molar-refractivity contribution >= 4 is 0 Å². The minimum atomic E-state index is -1.80. The average molecular weight is 376 g/mol. The van der Waals surface area contributed by atoms with E-state index in [1.54, 1.807) is 0 Å². The molecule has 1 saturated heterocycles. The van der Waals surface area contributed by atoms with Crippen LogP contribution in [0.2, 0.25) is 0 Å². The highest BCUT2D eigenvalue weighted by molar-refractivity contribution is 5.41. The van der Waals surface area contributed by atoms with E-state index in [1.165, 1.54) is 25.3 Å². The zero-order valence-electron chi connectivity index (χ0n) is 14.0. The second kappa shape index (κ2) is 8.93. The molecule has 0 aromatic heterocycles. The van der Waals surface area contributed by atoms with Gasteiger partial charge in [0.15, 0.2) is 24.1 Å². The molecule has 0 saturated carbocycles. The molecule has 1 aromatic carbocycles. The fourth-order valence-electron chi connectivity index (χ4n) is 2.60. The molecule has 0 bridgehead atoms. The fraction of sp³-hybridized carbons (Fsp3) is 0.625. The number of hydrogen-bond acceptors (Lipinski definition) is 10. The van der Waals surface area contributed by atoms with Gasteiger partial charge in [0.25, 0.3) is 0 Å². The number of aliphatic hydroxyl groups is 6. The number of rotatable bonds is 7. The van der Waals surface area contributed by atoms with Gasteiger partial charge in [0.1, 0.15) is 30.5 Å². The van der Waals surface area contributed by atoms with E-state index in [1.807, 2.05) is 0 Å². The molecule has 1 aliphatic heterocycles. The normalized spacial score (nSPS) is 31.4. The molecule has 0 spiro atoms. The first-order valence-electron chi connectivity index (χ1n) is 7.96. The van der Waals surface area contributed by atoms with Crippen LogP contribution in [0.4, 0.5) is 0 Å². The van der Waals surface area contributed by atoms with Crippen molar-refractivity contribution in [1.29, 1.82) is 0 Å². The summed E-state index contributed by atoms with van der Waals surface area (Å²) in [5, 5.41) is 68.0. The Morgan fingerprint density at radius 1 is 1.12 bits per heavy atom. The smallest absolute Gasteiger partial charge is 0.189 e. The van der Waals surface area contributed by atoms with Crippen LogP contribution >= 0.6 is 0 Å². The maximum atomic E-state index is 10.1. The lowest BCUT2D eigenvalue weighted by Crippen LogP contribution is -2.60. The van der Waals surface area contributed by atoms with Crippen LogP contribution in [0.25, 0.3) is 0 Å². The van der Waals surface area contributed by atoms with E-state index < -0.39 is 49.7 Å². The Labute approximate surface area is 149 Å². The van der Waals surface area contributed by atoms with Gasteiger partial charge in [-0.25, -0.2) is 0 Å². The van der Waals surface area contributed by atoms with Gasteiger partial charge in [0, 0.05) is 6.42 Å². The Bertz CT molecular complexity index is 580. The first kappa shape index (κ1) is 20.8. The van der Waals surface area contributed by atoms with Crippen LogP contribution in [0.15, 0.2) is 18.2 Å². The average Bonchev–Trinajstić information content (AvgIpc) is 2.63. The van der Waals surface area contributed by atoms with E-state index in [0.29, 0.717) is 5.56 Å².